The molecule has 1 heterocycles. The molecule has 2 rings (SSSR count). The second-order valence-electron chi connectivity index (χ2n) is 4.29. The number of hydrogen-bond acceptors (Lipinski definition) is 1. The molecule has 0 bridgehead atoms. The fourth-order valence-electron chi connectivity index (χ4n) is 2.56. The van der Waals surface area contributed by atoms with Crippen LogP contribution in [0.4, 0.5) is 0 Å². The lowest BCUT2D eigenvalue weighted by Crippen LogP contribution is -2.40. The molecule has 1 aliphatic heterocycles. The Hall–Kier alpha value is -0.0400. The number of hydrogen-bond donors (Lipinski definition) is 0. The normalized spacial score (nSPS) is 48.0. The Morgan fingerprint density at radius 2 is 2.20 bits per heavy atom. The average molecular weight is 139 g/mol. The molecule has 0 amide bonds. The van der Waals surface area contributed by atoms with Crippen molar-refractivity contribution in [3.63, 3.8) is 0 Å². The van der Waals surface area contributed by atoms with E-state index in [9.17, 15) is 0 Å². The maximum atomic E-state index is 2.48. The van der Waals surface area contributed by atoms with E-state index < -0.39 is 0 Å². The van der Waals surface area contributed by atoms with E-state index >= 15 is 0 Å². The summed E-state index contributed by atoms with van der Waals surface area (Å²) < 4.78 is 0. The van der Waals surface area contributed by atoms with E-state index in [1.165, 1.54) is 32.4 Å². The summed E-state index contributed by atoms with van der Waals surface area (Å²) in [5.74, 6) is 1.01. The molecule has 0 radical (unpaired) electrons. The maximum absolute atomic E-state index is 2.48. The van der Waals surface area contributed by atoms with Gasteiger partial charge in [-0.25, -0.2) is 0 Å². The summed E-state index contributed by atoms with van der Waals surface area (Å²) in [6.45, 7) is 5.13. The molecule has 1 saturated heterocycles. The highest BCUT2D eigenvalue weighted by Crippen LogP contribution is 2.52. The molecule has 0 N–H and O–H groups in total. The van der Waals surface area contributed by atoms with Gasteiger partial charge in [0.05, 0.1) is 0 Å². The fraction of sp³-hybridized carbons (Fsp3) is 1.00. The Bertz CT molecular complexity index is 144. The van der Waals surface area contributed by atoms with Crippen molar-refractivity contribution in [2.45, 2.75) is 26.2 Å². The van der Waals surface area contributed by atoms with Crippen molar-refractivity contribution in [1.82, 2.24) is 4.90 Å². The zero-order chi connectivity index (χ0) is 7.19. The summed E-state index contributed by atoms with van der Waals surface area (Å²) in [6, 6.07) is 0. The largest absolute Gasteiger partial charge is 0.306 e. The molecular formula is C9H17N. The van der Waals surface area contributed by atoms with E-state index in [0.29, 0.717) is 0 Å². The molecular weight excluding hydrogens is 122 g/mol. The van der Waals surface area contributed by atoms with Crippen molar-refractivity contribution < 1.29 is 0 Å². The third kappa shape index (κ3) is 0.731. The minimum Gasteiger partial charge on any atom is -0.306 e. The van der Waals surface area contributed by atoms with Crippen molar-refractivity contribution in [3.8, 4) is 0 Å². The maximum Gasteiger partial charge on any atom is 0.00380 e. The minimum absolute atomic E-state index is 0.773. The Morgan fingerprint density at radius 1 is 1.40 bits per heavy atom. The van der Waals surface area contributed by atoms with Crippen LogP contribution in [0.3, 0.4) is 0 Å². The number of nitrogens with zero attached hydrogens (tertiary/aromatic N) is 1. The van der Waals surface area contributed by atoms with Crippen LogP contribution in [0, 0.1) is 11.3 Å². The SMILES string of the molecule is C[C@@H]1CC[C@]12CCN(C)C2. The first kappa shape index (κ1) is 6.66. The smallest absolute Gasteiger partial charge is 0.00380 e. The monoisotopic (exact) mass is 139 g/mol. The topological polar surface area (TPSA) is 3.24 Å². The van der Waals surface area contributed by atoms with Gasteiger partial charge in [0.2, 0.25) is 0 Å². The molecule has 2 atom stereocenters. The van der Waals surface area contributed by atoms with Crippen molar-refractivity contribution in [2.24, 2.45) is 11.3 Å². The van der Waals surface area contributed by atoms with Gasteiger partial charge < -0.3 is 4.90 Å². The van der Waals surface area contributed by atoms with Crippen LogP contribution in [-0.2, 0) is 0 Å². The molecule has 1 aliphatic carbocycles. The number of likely N-dealkylation sites (tertiary alicyclic amines) is 1. The van der Waals surface area contributed by atoms with Crippen molar-refractivity contribution in [1.29, 1.82) is 0 Å². The van der Waals surface area contributed by atoms with Gasteiger partial charge in [0, 0.05) is 6.54 Å². The van der Waals surface area contributed by atoms with E-state index in [-0.39, 0.29) is 0 Å². The summed E-state index contributed by atoms with van der Waals surface area (Å²) in [4.78, 5) is 2.48. The van der Waals surface area contributed by atoms with Gasteiger partial charge in [0.15, 0.2) is 0 Å². The summed E-state index contributed by atoms with van der Waals surface area (Å²) in [6.07, 6.45) is 4.44. The molecule has 1 saturated carbocycles. The molecule has 0 aromatic carbocycles. The van der Waals surface area contributed by atoms with Crippen molar-refractivity contribution in [3.05, 3.63) is 0 Å². The molecule has 0 aromatic heterocycles. The van der Waals surface area contributed by atoms with Crippen molar-refractivity contribution in [2.75, 3.05) is 20.1 Å². The first-order valence-electron chi connectivity index (χ1n) is 4.41. The first-order chi connectivity index (χ1) is 4.73. The van der Waals surface area contributed by atoms with Crippen molar-refractivity contribution >= 4 is 0 Å². The summed E-state index contributed by atoms with van der Waals surface area (Å²) in [5.41, 5.74) is 0.773. The lowest BCUT2D eigenvalue weighted by atomic mass is 9.60. The van der Waals surface area contributed by atoms with Gasteiger partial charge >= 0.3 is 0 Å². The van der Waals surface area contributed by atoms with Gasteiger partial charge in [-0.1, -0.05) is 6.92 Å². The Kier molecular flexibility index (Phi) is 1.31. The van der Waals surface area contributed by atoms with Gasteiger partial charge in [0.1, 0.15) is 0 Å². The molecule has 1 spiro atoms. The second-order valence-corrected chi connectivity index (χ2v) is 4.29. The lowest BCUT2D eigenvalue weighted by molar-refractivity contribution is 0.0566. The van der Waals surface area contributed by atoms with Crippen LogP contribution in [0.25, 0.3) is 0 Å². The molecule has 1 heteroatoms. The quantitative estimate of drug-likeness (QED) is 0.494. The second kappa shape index (κ2) is 1.97. The van der Waals surface area contributed by atoms with Crippen LogP contribution < -0.4 is 0 Å². The Balaban J connectivity index is 2.04. The summed E-state index contributed by atoms with van der Waals surface area (Å²) in [5, 5.41) is 0. The van der Waals surface area contributed by atoms with Crippen LogP contribution in [0.1, 0.15) is 26.2 Å². The zero-order valence-corrected chi connectivity index (χ0v) is 7.06. The van der Waals surface area contributed by atoms with Gasteiger partial charge in [-0.15, -0.1) is 0 Å². The van der Waals surface area contributed by atoms with Crippen LogP contribution in [-0.4, -0.2) is 25.0 Å². The van der Waals surface area contributed by atoms with Crippen LogP contribution >= 0.6 is 0 Å². The van der Waals surface area contributed by atoms with Crippen LogP contribution in [0.15, 0.2) is 0 Å². The predicted molar refractivity (Wildman–Crippen MR) is 42.9 cm³/mol. The highest BCUT2D eigenvalue weighted by atomic mass is 15.1. The van der Waals surface area contributed by atoms with E-state index in [4.69, 9.17) is 0 Å². The number of rotatable bonds is 0. The Labute approximate surface area is 63.4 Å². The van der Waals surface area contributed by atoms with Gasteiger partial charge in [-0.3, -0.25) is 0 Å². The molecule has 0 unspecified atom stereocenters. The van der Waals surface area contributed by atoms with E-state index in [2.05, 4.69) is 18.9 Å². The lowest BCUT2D eigenvalue weighted by Gasteiger charge is -2.45. The van der Waals surface area contributed by atoms with Gasteiger partial charge in [-0.05, 0) is 44.2 Å². The summed E-state index contributed by atoms with van der Waals surface area (Å²) in [7, 11) is 2.25. The zero-order valence-electron chi connectivity index (χ0n) is 7.06. The van der Waals surface area contributed by atoms with E-state index in [1.807, 2.05) is 0 Å². The van der Waals surface area contributed by atoms with E-state index in [1.54, 1.807) is 0 Å². The molecule has 0 aromatic rings. The summed E-state index contributed by atoms with van der Waals surface area (Å²) >= 11 is 0. The average Bonchev–Trinajstić information content (AvgIpc) is 2.31. The molecule has 1 nitrogen and oxygen atoms in total. The first-order valence-corrected chi connectivity index (χ1v) is 4.41. The Morgan fingerprint density at radius 3 is 2.40 bits per heavy atom. The van der Waals surface area contributed by atoms with Crippen LogP contribution in [0.5, 0.6) is 0 Å². The van der Waals surface area contributed by atoms with Gasteiger partial charge in [-0.2, -0.15) is 0 Å². The molecule has 2 fully saturated rings. The third-order valence-corrected chi connectivity index (χ3v) is 3.70. The highest BCUT2D eigenvalue weighted by Gasteiger charge is 2.47. The van der Waals surface area contributed by atoms with Gasteiger partial charge in [0.25, 0.3) is 0 Å². The van der Waals surface area contributed by atoms with E-state index in [0.717, 1.165) is 11.3 Å². The standard InChI is InChI=1S/C9H17N/c1-8-3-4-9(8)5-6-10(2)7-9/h8H,3-7H2,1-2H3/t8-,9-/m1/s1. The molecule has 2 aliphatic rings. The van der Waals surface area contributed by atoms with Crippen LogP contribution in [0.2, 0.25) is 0 Å². The third-order valence-electron chi connectivity index (χ3n) is 3.70. The molecule has 58 valence electrons. The minimum atomic E-state index is 0.773. The predicted octanol–water partition coefficient (Wildman–Crippen LogP) is 1.74. The highest BCUT2D eigenvalue weighted by molar-refractivity contribution is 4.99. The fourth-order valence-corrected chi connectivity index (χ4v) is 2.56. The molecule has 10 heavy (non-hydrogen) atoms.